The topological polar surface area (TPSA) is 57.5 Å². The molecule has 2 aromatic rings. The first-order valence-corrected chi connectivity index (χ1v) is 11.1. The molecule has 0 radical (unpaired) electrons. The largest absolute Gasteiger partial charge is 0.357 e. The van der Waals surface area contributed by atoms with Gasteiger partial charge in [0.2, 0.25) is 0 Å². The molecule has 1 saturated heterocycles. The van der Waals surface area contributed by atoms with Crippen molar-refractivity contribution in [2.45, 2.75) is 39.5 Å². The van der Waals surface area contributed by atoms with E-state index in [4.69, 9.17) is 4.99 Å². The van der Waals surface area contributed by atoms with Gasteiger partial charge in [0.1, 0.15) is 0 Å². The molecule has 0 unspecified atom stereocenters. The molecule has 2 N–H and O–H groups in total. The third kappa shape index (κ3) is 6.89. The third-order valence-electron chi connectivity index (χ3n) is 5.72. The molecule has 3 rings (SSSR count). The molecular weight excluding hydrogens is 360 g/mol. The minimum absolute atomic E-state index is 0.831. The summed E-state index contributed by atoms with van der Waals surface area (Å²) in [6.07, 6.45) is 8.57. The van der Waals surface area contributed by atoms with E-state index in [0.717, 1.165) is 43.6 Å². The minimum Gasteiger partial charge on any atom is -0.357 e. The van der Waals surface area contributed by atoms with Gasteiger partial charge in [0.25, 0.3) is 0 Å². The number of hydrogen-bond acceptors (Lipinski definition) is 3. The Morgan fingerprint density at radius 3 is 2.59 bits per heavy atom. The number of benzene rings is 1. The molecule has 6 nitrogen and oxygen atoms in total. The van der Waals surface area contributed by atoms with E-state index in [1.807, 2.05) is 16.9 Å². The summed E-state index contributed by atoms with van der Waals surface area (Å²) >= 11 is 0. The van der Waals surface area contributed by atoms with Crippen LogP contribution in [0.2, 0.25) is 0 Å². The number of likely N-dealkylation sites (tertiary alicyclic amines) is 1. The van der Waals surface area contributed by atoms with Crippen molar-refractivity contribution in [2.24, 2.45) is 10.9 Å². The van der Waals surface area contributed by atoms with E-state index in [1.165, 1.54) is 44.5 Å². The molecule has 29 heavy (non-hydrogen) atoms. The average molecular weight is 397 g/mol. The Morgan fingerprint density at radius 2 is 1.93 bits per heavy atom. The number of guanidine groups is 1. The minimum atomic E-state index is 0.831. The van der Waals surface area contributed by atoms with E-state index in [1.54, 1.807) is 6.20 Å². The van der Waals surface area contributed by atoms with Crippen molar-refractivity contribution in [2.75, 3.05) is 39.3 Å². The van der Waals surface area contributed by atoms with Crippen LogP contribution in [-0.4, -0.2) is 59.9 Å². The second kappa shape index (κ2) is 11.6. The van der Waals surface area contributed by atoms with Crippen LogP contribution in [0.4, 0.5) is 0 Å². The van der Waals surface area contributed by atoms with Crippen molar-refractivity contribution in [3.8, 4) is 5.69 Å². The van der Waals surface area contributed by atoms with Crippen LogP contribution < -0.4 is 10.6 Å². The Bertz CT molecular complexity index is 714. The van der Waals surface area contributed by atoms with Crippen LogP contribution in [0.5, 0.6) is 0 Å². The molecule has 0 bridgehead atoms. The molecule has 158 valence electrons. The average Bonchev–Trinajstić information content (AvgIpc) is 3.30. The molecule has 0 saturated carbocycles. The summed E-state index contributed by atoms with van der Waals surface area (Å²) in [6.45, 7) is 10.7. The van der Waals surface area contributed by atoms with Gasteiger partial charge < -0.3 is 15.5 Å². The molecule has 1 aromatic carbocycles. The first-order valence-electron chi connectivity index (χ1n) is 11.1. The van der Waals surface area contributed by atoms with Crippen LogP contribution in [0.3, 0.4) is 0 Å². The summed E-state index contributed by atoms with van der Waals surface area (Å²) in [6, 6.07) is 10.5. The van der Waals surface area contributed by atoms with E-state index in [9.17, 15) is 0 Å². The Kier molecular flexibility index (Phi) is 8.56. The summed E-state index contributed by atoms with van der Waals surface area (Å²) in [5, 5.41) is 11.1. The fraction of sp³-hybridized carbons (Fsp3) is 0.565. The Hall–Kier alpha value is -2.34. The van der Waals surface area contributed by atoms with Crippen LogP contribution in [0, 0.1) is 5.92 Å². The number of rotatable bonds is 9. The van der Waals surface area contributed by atoms with Crippen LogP contribution >= 0.6 is 0 Å². The summed E-state index contributed by atoms with van der Waals surface area (Å²) < 4.78 is 1.88. The van der Waals surface area contributed by atoms with Crippen molar-refractivity contribution in [1.82, 2.24) is 25.3 Å². The highest BCUT2D eigenvalue weighted by molar-refractivity contribution is 5.79. The van der Waals surface area contributed by atoms with Crippen LogP contribution in [0.1, 0.15) is 38.7 Å². The highest BCUT2D eigenvalue weighted by atomic mass is 15.3. The lowest BCUT2D eigenvalue weighted by molar-refractivity contribution is 0.188. The van der Waals surface area contributed by atoms with Gasteiger partial charge in [-0.2, -0.15) is 5.10 Å². The second-order valence-electron chi connectivity index (χ2n) is 7.72. The molecular formula is C23H36N6. The van der Waals surface area contributed by atoms with Crippen molar-refractivity contribution >= 4 is 5.96 Å². The van der Waals surface area contributed by atoms with Crippen LogP contribution in [0.15, 0.2) is 47.7 Å². The maximum Gasteiger partial charge on any atom is 0.191 e. The zero-order chi connectivity index (χ0) is 20.3. The number of aromatic nitrogens is 2. The highest BCUT2D eigenvalue weighted by Gasteiger charge is 2.17. The van der Waals surface area contributed by atoms with Gasteiger partial charge >= 0.3 is 0 Å². The monoisotopic (exact) mass is 396 g/mol. The van der Waals surface area contributed by atoms with Gasteiger partial charge in [0.05, 0.1) is 5.69 Å². The summed E-state index contributed by atoms with van der Waals surface area (Å²) in [4.78, 5) is 7.34. The van der Waals surface area contributed by atoms with Crippen molar-refractivity contribution in [3.05, 3.63) is 48.3 Å². The molecule has 1 aliphatic rings. The first-order chi connectivity index (χ1) is 14.3. The Balaban J connectivity index is 1.40. The van der Waals surface area contributed by atoms with Gasteiger partial charge in [-0.25, -0.2) is 4.68 Å². The van der Waals surface area contributed by atoms with Gasteiger partial charge in [-0.3, -0.25) is 4.99 Å². The van der Waals surface area contributed by atoms with Crippen molar-refractivity contribution in [1.29, 1.82) is 0 Å². The molecule has 2 heterocycles. The first kappa shape index (κ1) is 21.4. The van der Waals surface area contributed by atoms with Crippen LogP contribution in [0.25, 0.3) is 5.69 Å². The molecule has 0 amide bonds. The van der Waals surface area contributed by atoms with Crippen molar-refractivity contribution in [3.63, 3.8) is 0 Å². The van der Waals surface area contributed by atoms with Gasteiger partial charge in [0, 0.05) is 32.0 Å². The number of nitrogens with zero attached hydrogens (tertiary/aromatic N) is 4. The number of aliphatic imine (C=N–C) groups is 1. The number of hydrogen-bond donors (Lipinski definition) is 2. The number of piperidine rings is 1. The molecule has 1 aliphatic heterocycles. The SMILES string of the molecule is CCNC(=NCCC1CCN(CC)CC1)NCCc1ccc(-n2cccn2)cc1. The lowest BCUT2D eigenvalue weighted by atomic mass is 9.94. The zero-order valence-electron chi connectivity index (χ0n) is 18.0. The zero-order valence-corrected chi connectivity index (χ0v) is 18.0. The van der Waals surface area contributed by atoms with Crippen LogP contribution in [-0.2, 0) is 6.42 Å². The standard InChI is InChI=1S/C23H36N6/c1-3-24-23(26-16-11-21-12-18-28(4-2)19-13-21)25-15-10-20-6-8-22(9-7-20)29-17-5-14-27-29/h5-9,14,17,21H,3-4,10-13,15-16,18-19H2,1-2H3,(H2,24,25,26). The Morgan fingerprint density at radius 1 is 1.14 bits per heavy atom. The summed E-state index contributed by atoms with van der Waals surface area (Å²) in [7, 11) is 0. The van der Waals surface area contributed by atoms with Gasteiger partial charge in [-0.05, 0) is 81.9 Å². The van der Waals surface area contributed by atoms with Gasteiger partial charge in [-0.1, -0.05) is 19.1 Å². The van der Waals surface area contributed by atoms with E-state index < -0.39 is 0 Å². The van der Waals surface area contributed by atoms with E-state index >= 15 is 0 Å². The lowest BCUT2D eigenvalue weighted by Gasteiger charge is -2.30. The lowest BCUT2D eigenvalue weighted by Crippen LogP contribution is -2.38. The van der Waals surface area contributed by atoms with Gasteiger partial charge in [0.15, 0.2) is 5.96 Å². The van der Waals surface area contributed by atoms with E-state index in [-0.39, 0.29) is 0 Å². The normalized spacial score (nSPS) is 16.1. The maximum atomic E-state index is 4.80. The smallest absolute Gasteiger partial charge is 0.191 e. The molecule has 0 spiro atoms. The molecule has 1 fully saturated rings. The van der Waals surface area contributed by atoms with E-state index in [2.05, 4.69) is 58.7 Å². The number of nitrogens with one attached hydrogen (secondary N) is 2. The summed E-state index contributed by atoms with van der Waals surface area (Å²) in [5.74, 6) is 1.77. The predicted molar refractivity (Wildman–Crippen MR) is 121 cm³/mol. The predicted octanol–water partition coefficient (Wildman–Crippen LogP) is 3.09. The molecule has 0 aliphatic carbocycles. The highest BCUT2D eigenvalue weighted by Crippen LogP contribution is 2.20. The summed E-state index contributed by atoms with van der Waals surface area (Å²) in [5.41, 5.74) is 2.40. The second-order valence-corrected chi connectivity index (χ2v) is 7.72. The fourth-order valence-corrected chi connectivity index (χ4v) is 3.85. The van der Waals surface area contributed by atoms with Crippen molar-refractivity contribution < 1.29 is 0 Å². The Labute approximate surface area is 175 Å². The molecule has 1 aromatic heterocycles. The molecule has 6 heteroatoms. The third-order valence-corrected chi connectivity index (χ3v) is 5.72. The quantitative estimate of drug-likeness (QED) is 0.505. The van der Waals surface area contributed by atoms with E-state index in [0.29, 0.717) is 0 Å². The van der Waals surface area contributed by atoms with Gasteiger partial charge in [-0.15, -0.1) is 0 Å². The fourth-order valence-electron chi connectivity index (χ4n) is 3.85. The maximum absolute atomic E-state index is 4.80. The molecule has 0 atom stereocenters.